The Morgan fingerprint density at radius 1 is 1.40 bits per heavy atom. The van der Waals surface area contributed by atoms with Gasteiger partial charge in [-0.3, -0.25) is 4.79 Å². The van der Waals surface area contributed by atoms with Gasteiger partial charge in [-0.1, -0.05) is 12.8 Å². The molecule has 1 aliphatic heterocycles. The van der Waals surface area contributed by atoms with Crippen molar-refractivity contribution in [2.75, 3.05) is 19.7 Å². The first-order valence-electron chi connectivity index (χ1n) is 9.25. The third kappa shape index (κ3) is 3.60. The largest absolute Gasteiger partial charge is 0.504 e. The van der Waals surface area contributed by atoms with Gasteiger partial charge in [0.05, 0.1) is 18.8 Å². The van der Waals surface area contributed by atoms with E-state index in [1.807, 2.05) is 19.1 Å². The quantitative estimate of drug-likeness (QED) is 0.623. The smallest absolute Gasteiger partial charge is 0.272 e. The molecule has 1 saturated carbocycles. The number of carbonyl (C=O) groups excluding carboxylic acids is 1. The van der Waals surface area contributed by atoms with Crippen molar-refractivity contribution in [3.05, 3.63) is 23.8 Å². The molecule has 1 aliphatic carbocycles. The van der Waals surface area contributed by atoms with Gasteiger partial charge in [0.15, 0.2) is 18.0 Å². The van der Waals surface area contributed by atoms with Crippen molar-refractivity contribution in [1.29, 1.82) is 0 Å². The van der Waals surface area contributed by atoms with E-state index in [4.69, 9.17) is 10.5 Å². The summed E-state index contributed by atoms with van der Waals surface area (Å²) >= 11 is 0. The number of ether oxygens (including phenoxy) is 1. The van der Waals surface area contributed by atoms with Gasteiger partial charge in [0.1, 0.15) is 6.04 Å². The van der Waals surface area contributed by atoms with Crippen LogP contribution in [0.25, 0.3) is 0 Å². The van der Waals surface area contributed by atoms with E-state index in [9.17, 15) is 15.0 Å². The number of hydrogen-bond donors (Lipinski definition) is 4. The Morgan fingerprint density at radius 3 is 2.92 bits per heavy atom. The van der Waals surface area contributed by atoms with Crippen LogP contribution >= 0.6 is 0 Å². The number of phenolic OH excluding ortho intramolecular Hbond substituents is 1. The number of carbonyl (C=O) groups is 1. The van der Waals surface area contributed by atoms with Crippen molar-refractivity contribution in [1.82, 2.24) is 0 Å². The number of aliphatic hydroxyl groups is 1. The van der Waals surface area contributed by atoms with Crippen molar-refractivity contribution >= 4 is 5.91 Å². The Morgan fingerprint density at radius 2 is 2.20 bits per heavy atom. The zero-order chi connectivity index (χ0) is 18.0. The molecular formula is C19H29N2O4+. The first-order valence-corrected chi connectivity index (χ1v) is 9.25. The maximum absolute atomic E-state index is 11.6. The van der Waals surface area contributed by atoms with Gasteiger partial charge in [0, 0.05) is 17.9 Å². The Hall–Kier alpha value is -1.79. The van der Waals surface area contributed by atoms with Gasteiger partial charge < -0.3 is 25.6 Å². The summed E-state index contributed by atoms with van der Waals surface area (Å²) < 4.78 is 5.53. The van der Waals surface area contributed by atoms with E-state index in [-0.39, 0.29) is 30.2 Å². The van der Waals surface area contributed by atoms with Crippen LogP contribution in [0.4, 0.5) is 0 Å². The highest BCUT2D eigenvalue weighted by atomic mass is 16.5. The first-order chi connectivity index (χ1) is 11.9. The lowest BCUT2D eigenvalue weighted by Gasteiger charge is -2.50. The van der Waals surface area contributed by atoms with Crippen molar-refractivity contribution in [2.24, 2.45) is 11.7 Å². The molecule has 1 amide bonds. The van der Waals surface area contributed by atoms with E-state index in [1.165, 1.54) is 0 Å². The number of quaternary nitrogens is 1. The number of rotatable bonds is 5. The number of primary amides is 1. The van der Waals surface area contributed by atoms with Crippen LogP contribution in [-0.2, 0) is 4.79 Å². The predicted octanol–water partition coefficient (Wildman–Crippen LogP) is 0.527. The molecule has 0 radical (unpaired) electrons. The molecule has 6 heteroatoms. The number of nitrogens with one attached hydrogen (secondary N) is 1. The van der Waals surface area contributed by atoms with E-state index in [2.05, 4.69) is 0 Å². The van der Waals surface area contributed by atoms with Crippen LogP contribution in [0.5, 0.6) is 11.5 Å². The van der Waals surface area contributed by atoms with Gasteiger partial charge in [-0.2, -0.15) is 0 Å². The predicted molar refractivity (Wildman–Crippen MR) is 93.4 cm³/mol. The van der Waals surface area contributed by atoms with E-state index >= 15 is 0 Å². The Bertz CT molecular complexity index is 636. The number of piperidine rings is 1. The molecule has 1 unspecified atom stereocenters. The molecule has 0 aromatic heterocycles. The van der Waals surface area contributed by atoms with Crippen LogP contribution in [0, 0.1) is 5.92 Å². The number of aromatic hydroxyl groups is 1. The van der Waals surface area contributed by atoms with Crippen molar-refractivity contribution in [2.45, 2.75) is 50.7 Å². The molecule has 0 spiro atoms. The van der Waals surface area contributed by atoms with Crippen LogP contribution < -0.4 is 15.4 Å². The normalized spacial score (nSPS) is 32.0. The zero-order valence-corrected chi connectivity index (χ0v) is 14.8. The highest BCUT2D eigenvalue weighted by molar-refractivity contribution is 5.74. The summed E-state index contributed by atoms with van der Waals surface area (Å²) in [4.78, 5) is 12.7. The highest BCUT2D eigenvalue weighted by Crippen LogP contribution is 2.45. The monoisotopic (exact) mass is 349 g/mol. The molecule has 4 atom stereocenters. The number of amides is 1. The van der Waals surface area contributed by atoms with Crippen LogP contribution in [0.15, 0.2) is 18.2 Å². The lowest BCUT2D eigenvalue weighted by molar-refractivity contribution is -0.937. The fourth-order valence-corrected chi connectivity index (χ4v) is 4.74. The minimum absolute atomic E-state index is 0.0219. The van der Waals surface area contributed by atoms with Crippen molar-refractivity contribution in [3.8, 4) is 11.5 Å². The number of fused-ring (bicyclic) bond motifs is 1. The summed E-state index contributed by atoms with van der Waals surface area (Å²) in [5.74, 6) is 0.313. The second kappa shape index (κ2) is 7.22. The molecular weight excluding hydrogens is 320 g/mol. The average Bonchev–Trinajstić information content (AvgIpc) is 2.57. The third-order valence-electron chi connectivity index (χ3n) is 5.83. The molecule has 5 N–H and O–H groups in total. The maximum Gasteiger partial charge on any atom is 0.272 e. The summed E-state index contributed by atoms with van der Waals surface area (Å²) in [5, 5.41) is 21.2. The molecule has 2 fully saturated rings. The number of phenols is 1. The topological polar surface area (TPSA) is 97.2 Å². The van der Waals surface area contributed by atoms with Crippen molar-refractivity contribution in [3.63, 3.8) is 0 Å². The van der Waals surface area contributed by atoms with Gasteiger partial charge in [-0.05, 0) is 38.0 Å². The number of likely N-dealkylation sites (tertiary alicyclic amines) is 1. The molecule has 1 aromatic rings. The van der Waals surface area contributed by atoms with Crippen molar-refractivity contribution < 1.29 is 24.6 Å². The van der Waals surface area contributed by atoms with E-state index < -0.39 is 5.60 Å². The van der Waals surface area contributed by atoms with E-state index in [1.54, 1.807) is 6.07 Å². The highest BCUT2D eigenvalue weighted by Gasteiger charge is 2.51. The SMILES string of the molecule is CCOc1cc([C@H]2[C@@H]3CCCC[C@]3(O)CC[NH+]2CC(N)=O)ccc1O. The Labute approximate surface area is 148 Å². The van der Waals surface area contributed by atoms with Crippen LogP contribution in [0.2, 0.25) is 0 Å². The summed E-state index contributed by atoms with van der Waals surface area (Å²) in [7, 11) is 0. The third-order valence-corrected chi connectivity index (χ3v) is 5.83. The second-order valence-electron chi connectivity index (χ2n) is 7.40. The number of nitrogens with two attached hydrogens (primary N) is 1. The summed E-state index contributed by atoms with van der Waals surface area (Å²) in [5.41, 5.74) is 5.79. The summed E-state index contributed by atoms with van der Waals surface area (Å²) in [6.07, 6.45) is 4.59. The molecule has 1 aromatic carbocycles. The standard InChI is InChI=1S/C19H28N2O4/c1-2-25-16-11-13(6-7-15(16)22)18-14-5-3-4-8-19(14,24)9-10-21(18)12-17(20)23/h6-7,11,14,18,22,24H,2-5,8-10,12H2,1H3,(H2,20,23)/p+1/t14-,18-,19-/m0/s1. The molecule has 0 bridgehead atoms. The molecule has 6 nitrogen and oxygen atoms in total. The lowest BCUT2D eigenvalue weighted by atomic mass is 9.66. The first kappa shape index (κ1) is 18.0. The molecule has 25 heavy (non-hydrogen) atoms. The van der Waals surface area contributed by atoms with Crippen LogP contribution in [-0.4, -0.2) is 41.4 Å². The fourth-order valence-electron chi connectivity index (χ4n) is 4.74. The molecule has 1 saturated heterocycles. The zero-order valence-electron chi connectivity index (χ0n) is 14.8. The number of benzene rings is 1. The van der Waals surface area contributed by atoms with Gasteiger partial charge >= 0.3 is 0 Å². The van der Waals surface area contributed by atoms with Crippen LogP contribution in [0.1, 0.15) is 50.6 Å². The van der Waals surface area contributed by atoms with Gasteiger partial charge in [-0.15, -0.1) is 0 Å². The van der Waals surface area contributed by atoms with E-state index in [0.717, 1.165) is 36.1 Å². The minimum Gasteiger partial charge on any atom is -0.504 e. The lowest BCUT2D eigenvalue weighted by Crippen LogP contribution is -3.16. The Balaban J connectivity index is 1.99. The molecule has 3 rings (SSSR count). The molecule has 1 heterocycles. The second-order valence-corrected chi connectivity index (χ2v) is 7.40. The molecule has 138 valence electrons. The number of hydrogen-bond acceptors (Lipinski definition) is 4. The van der Waals surface area contributed by atoms with Gasteiger partial charge in [0.25, 0.3) is 5.91 Å². The van der Waals surface area contributed by atoms with Gasteiger partial charge in [-0.25, -0.2) is 0 Å². The average molecular weight is 349 g/mol. The minimum atomic E-state index is -0.673. The van der Waals surface area contributed by atoms with Crippen LogP contribution in [0.3, 0.4) is 0 Å². The Kier molecular flexibility index (Phi) is 5.20. The maximum atomic E-state index is 11.6. The van der Waals surface area contributed by atoms with E-state index in [0.29, 0.717) is 25.3 Å². The summed E-state index contributed by atoms with van der Waals surface area (Å²) in [6, 6.07) is 5.35. The summed E-state index contributed by atoms with van der Waals surface area (Å²) in [6.45, 7) is 3.30. The fraction of sp³-hybridized carbons (Fsp3) is 0.632. The molecule has 2 aliphatic rings. The van der Waals surface area contributed by atoms with Gasteiger partial charge in [0.2, 0.25) is 0 Å².